The van der Waals surface area contributed by atoms with E-state index in [1.54, 1.807) is 0 Å². The molecule has 1 saturated heterocycles. The van der Waals surface area contributed by atoms with E-state index < -0.39 is 0 Å². The third kappa shape index (κ3) is 2.73. The van der Waals surface area contributed by atoms with E-state index in [1.807, 2.05) is 12.1 Å². The molecule has 1 fully saturated rings. The Bertz CT molecular complexity index is 581. The molecule has 20 heavy (non-hydrogen) atoms. The first-order chi connectivity index (χ1) is 9.74. The van der Waals surface area contributed by atoms with Crippen LogP contribution in [0.3, 0.4) is 0 Å². The Labute approximate surface area is 119 Å². The molecule has 0 amide bonds. The number of benzene rings is 1. The molecule has 2 aromatic rings. The maximum Gasteiger partial charge on any atom is 0.231 e. The summed E-state index contributed by atoms with van der Waals surface area (Å²) in [7, 11) is 2.10. The van der Waals surface area contributed by atoms with Gasteiger partial charge in [-0.05, 0) is 25.1 Å². The third-order valence-corrected chi connectivity index (χ3v) is 3.90. The number of hydrogen-bond acceptors (Lipinski definition) is 5. The molecular formula is C15H20N4O. The molecule has 1 aliphatic heterocycles. The number of aromatic nitrogens is 2. The van der Waals surface area contributed by atoms with Gasteiger partial charge in [-0.2, -0.15) is 4.98 Å². The summed E-state index contributed by atoms with van der Waals surface area (Å²) in [6, 6.07) is 8.50. The van der Waals surface area contributed by atoms with Gasteiger partial charge in [-0.15, -0.1) is 0 Å². The van der Waals surface area contributed by atoms with Crippen LogP contribution in [0, 0.1) is 6.92 Å². The van der Waals surface area contributed by atoms with Crippen molar-refractivity contribution in [1.29, 1.82) is 0 Å². The zero-order valence-corrected chi connectivity index (χ0v) is 12.0. The topological polar surface area (TPSA) is 54.2 Å². The van der Waals surface area contributed by atoms with Crippen LogP contribution in [-0.2, 0) is 6.42 Å². The predicted octanol–water partition coefficient (Wildman–Crippen LogP) is 1.54. The summed E-state index contributed by atoms with van der Waals surface area (Å²) in [5.41, 5.74) is 2.49. The van der Waals surface area contributed by atoms with Crippen molar-refractivity contribution in [1.82, 2.24) is 20.4 Å². The van der Waals surface area contributed by atoms with Crippen molar-refractivity contribution in [3.05, 3.63) is 47.1 Å². The van der Waals surface area contributed by atoms with Crippen molar-refractivity contribution >= 4 is 0 Å². The van der Waals surface area contributed by atoms with Gasteiger partial charge in [0.2, 0.25) is 5.89 Å². The van der Waals surface area contributed by atoms with E-state index in [1.165, 1.54) is 11.1 Å². The molecule has 0 bridgehead atoms. The van der Waals surface area contributed by atoms with Crippen molar-refractivity contribution in [2.75, 3.05) is 26.7 Å². The summed E-state index contributed by atoms with van der Waals surface area (Å²) in [5, 5.41) is 7.52. The fourth-order valence-corrected chi connectivity index (χ4v) is 2.54. The SMILES string of the molecule is Cc1ccccc1Cc1nc(C2CNCCN2C)no1. The van der Waals surface area contributed by atoms with Gasteiger partial charge in [0.05, 0.1) is 12.5 Å². The predicted molar refractivity (Wildman–Crippen MR) is 76.5 cm³/mol. The fraction of sp³-hybridized carbons (Fsp3) is 0.467. The van der Waals surface area contributed by atoms with Crippen LogP contribution >= 0.6 is 0 Å². The highest BCUT2D eigenvalue weighted by atomic mass is 16.5. The minimum absolute atomic E-state index is 0.207. The Hall–Kier alpha value is -1.72. The number of nitrogens with one attached hydrogen (secondary N) is 1. The zero-order valence-electron chi connectivity index (χ0n) is 12.0. The van der Waals surface area contributed by atoms with E-state index in [4.69, 9.17) is 4.52 Å². The average Bonchev–Trinajstić information content (AvgIpc) is 2.90. The third-order valence-electron chi connectivity index (χ3n) is 3.90. The maximum atomic E-state index is 5.41. The summed E-state index contributed by atoms with van der Waals surface area (Å²) < 4.78 is 5.41. The highest BCUT2D eigenvalue weighted by molar-refractivity contribution is 5.27. The number of rotatable bonds is 3. The number of likely N-dealkylation sites (N-methyl/N-ethyl adjacent to an activating group) is 1. The van der Waals surface area contributed by atoms with Crippen molar-refractivity contribution in [3.63, 3.8) is 0 Å². The molecule has 0 aliphatic carbocycles. The van der Waals surface area contributed by atoms with E-state index in [2.05, 4.69) is 46.5 Å². The molecule has 0 spiro atoms. The van der Waals surface area contributed by atoms with Gasteiger partial charge in [-0.1, -0.05) is 29.4 Å². The van der Waals surface area contributed by atoms with E-state index in [0.29, 0.717) is 12.3 Å². The summed E-state index contributed by atoms with van der Waals surface area (Å²) in [5.74, 6) is 1.47. The summed E-state index contributed by atoms with van der Waals surface area (Å²) in [6.45, 7) is 5.00. The van der Waals surface area contributed by atoms with Crippen LogP contribution in [0.4, 0.5) is 0 Å². The fourth-order valence-electron chi connectivity index (χ4n) is 2.54. The van der Waals surface area contributed by atoms with Gasteiger partial charge < -0.3 is 9.84 Å². The molecule has 5 nitrogen and oxygen atoms in total. The monoisotopic (exact) mass is 272 g/mol. The van der Waals surface area contributed by atoms with Crippen LogP contribution in [-0.4, -0.2) is 41.7 Å². The highest BCUT2D eigenvalue weighted by Crippen LogP contribution is 2.19. The quantitative estimate of drug-likeness (QED) is 0.918. The molecule has 1 unspecified atom stereocenters. The summed E-state index contributed by atoms with van der Waals surface area (Å²) in [4.78, 5) is 6.82. The minimum atomic E-state index is 0.207. The van der Waals surface area contributed by atoms with Crippen LogP contribution < -0.4 is 5.32 Å². The second-order valence-corrected chi connectivity index (χ2v) is 5.35. The van der Waals surface area contributed by atoms with E-state index in [0.717, 1.165) is 25.5 Å². The molecule has 1 aromatic heterocycles. The number of aryl methyl sites for hydroxylation is 1. The van der Waals surface area contributed by atoms with Gasteiger partial charge in [0.15, 0.2) is 5.82 Å². The smallest absolute Gasteiger partial charge is 0.231 e. The normalized spacial score (nSPS) is 20.2. The van der Waals surface area contributed by atoms with Crippen LogP contribution in [0.5, 0.6) is 0 Å². The van der Waals surface area contributed by atoms with Gasteiger partial charge in [0.25, 0.3) is 0 Å². The lowest BCUT2D eigenvalue weighted by Crippen LogP contribution is -2.44. The molecule has 1 N–H and O–H groups in total. The van der Waals surface area contributed by atoms with Crippen LogP contribution in [0.25, 0.3) is 0 Å². The summed E-state index contributed by atoms with van der Waals surface area (Å²) in [6.07, 6.45) is 0.698. The largest absolute Gasteiger partial charge is 0.339 e. The standard InChI is InChI=1S/C15H20N4O/c1-11-5-3-4-6-12(11)9-14-17-15(18-20-14)13-10-16-7-8-19(13)2/h3-6,13,16H,7-10H2,1-2H3. The molecule has 0 radical (unpaired) electrons. The molecular weight excluding hydrogens is 252 g/mol. The van der Waals surface area contributed by atoms with Crippen molar-refractivity contribution in [3.8, 4) is 0 Å². The number of hydrogen-bond donors (Lipinski definition) is 1. The first kappa shape index (κ1) is 13.3. The Morgan fingerprint density at radius 2 is 2.25 bits per heavy atom. The summed E-state index contributed by atoms with van der Waals surface area (Å²) >= 11 is 0. The Morgan fingerprint density at radius 1 is 1.40 bits per heavy atom. The van der Waals surface area contributed by atoms with Crippen LogP contribution in [0.1, 0.15) is 28.9 Å². The second kappa shape index (κ2) is 5.73. The number of piperazine rings is 1. The minimum Gasteiger partial charge on any atom is -0.339 e. The van der Waals surface area contributed by atoms with E-state index in [9.17, 15) is 0 Å². The molecule has 106 valence electrons. The van der Waals surface area contributed by atoms with Gasteiger partial charge in [0, 0.05) is 19.6 Å². The van der Waals surface area contributed by atoms with Crippen LogP contribution in [0.2, 0.25) is 0 Å². The second-order valence-electron chi connectivity index (χ2n) is 5.35. The van der Waals surface area contributed by atoms with Gasteiger partial charge in [-0.3, -0.25) is 4.90 Å². The first-order valence-electron chi connectivity index (χ1n) is 7.02. The maximum absolute atomic E-state index is 5.41. The van der Waals surface area contributed by atoms with Crippen molar-refractivity contribution in [2.24, 2.45) is 0 Å². The molecule has 0 saturated carbocycles. The number of nitrogens with zero attached hydrogens (tertiary/aromatic N) is 3. The first-order valence-corrected chi connectivity index (χ1v) is 7.02. The Kier molecular flexibility index (Phi) is 3.80. The lowest BCUT2D eigenvalue weighted by atomic mass is 10.1. The lowest BCUT2D eigenvalue weighted by Gasteiger charge is -2.30. The molecule has 1 aliphatic rings. The van der Waals surface area contributed by atoms with E-state index in [-0.39, 0.29) is 6.04 Å². The average molecular weight is 272 g/mol. The van der Waals surface area contributed by atoms with Gasteiger partial charge >= 0.3 is 0 Å². The molecule has 1 atom stereocenters. The van der Waals surface area contributed by atoms with E-state index >= 15 is 0 Å². The zero-order chi connectivity index (χ0) is 13.9. The van der Waals surface area contributed by atoms with Crippen molar-refractivity contribution < 1.29 is 4.52 Å². The highest BCUT2D eigenvalue weighted by Gasteiger charge is 2.25. The molecule has 5 heteroatoms. The van der Waals surface area contributed by atoms with Gasteiger partial charge in [-0.25, -0.2) is 0 Å². The molecule has 1 aromatic carbocycles. The van der Waals surface area contributed by atoms with Crippen LogP contribution in [0.15, 0.2) is 28.8 Å². The lowest BCUT2D eigenvalue weighted by molar-refractivity contribution is 0.190. The Balaban J connectivity index is 1.75. The molecule has 3 rings (SSSR count). The Morgan fingerprint density at radius 3 is 3.05 bits per heavy atom. The van der Waals surface area contributed by atoms with Crippen molar-refractivity contribution in [2.45, 2.75) is 19.4 Å². The van der Waals surface area contributed by atoms with Gasteiger partial charge in [0.1, 0.15) is 0 Å². The molecule has 2 heterocycles.